The molecule has 3 heterocycles. The van der Waals surface area contributed by atoms with Gasteiger partial charge in [0.15, 0.2) is 0 Å². The van der Waals surface area contributed by atoms with Crippen LogP contribution in [0.3, 0.4) is 0 Å². The van der Waals surface area contributed by atoms with Crippen LogP contribution in [0.5, 0.6) is 0 Å². The molecule has 4 aromatic rings. The van der Waals surface area contributed by atoms with Crippen molar-refractivity contribution in [2.45, 2.75) is 45.8 Å². The number of amides is 1. The van der Waals surface area contributed by atoms with E-state index in [1.54, 1.807) is 40.2 Å². The van der Waals surface area contributed by atoms with Crippen LogP contribution < -0.4 is 10.9 Å². The molecule has 37 heavy (non-hydrogen) atoms. The minimum Gasteiger partial charge on any atom is -0.353 e. The lowest BCUT2D eigenvalue weighted by Gasteiger charge is -2.34. The van der Waals surface area contributed by atoms with Gasteiger partial charge in [-0.25, -0.2) is 14.5 Å². The van der Waals surface area contributed by atoms with Crippen LogP contribution in [0.15, 0.2) is 59.8 Å². The monoisotopic (exact) mass is 536 g/mol. The topological polar surface area (TPSA) is 95.9 Å². The van der Waals surface area contributed by atoms with E-state index in [1.165, 1.54) is 0 Å². The molecule has 0 spiro atoms. The Hall–Kier alpha value is -3.62. The quantitative estimate of drug-likeness (QED) is 0.359. The van der Waals surface area contributed by atoms with E-state index in [9.17, 15) is 9.59 Å². The Balaban J connectivity index is 1.54. The van der Waals surface area contributed by atoms with Crippen LogP contribution in [-0.2, 0) is 13.0 Å². The average molecular weight is 537 g/mol. The Morgan fingerprint density at radius 1 is 1.14 bits per heavy atom. The lowest BCUT2D eigenvalue weighted by molar-refractivity contribution is 0.0653. The third-order valence-electron chi connectivity index (χ3n) is 6.39. The Morgan fingerprint density at radius 2 is 1.89 bits per heavy atom. The molecule has 2 aromatic carbocycles. The van der Waals surface area contributed by atoms with E-state index >= 15 is 0 Å². The van der Waals surface area contributed by atoms with E-state index in [2.05, 4.69) is 15.3 Å². The standard InChI is InChI=1S/C27H26Cl2N6O2/c1-15(2)32-27-33-24-13-34(25(36)18-6-9-21(28)22(29)11-18)16(3)10-20(24)26(37)35(27)19-7-4-17(5-8-19)23-12-30-14-31-23/h4-9,11-12,14-16H,10,13H2,1-3H3,(H,30,31)(H,32,33)/t16-/m1/s1. The highest BCUT2D eigenvalue weighted by Crippen LogP contribution is 2.28. The third kappa shape index (κ3) is 4.86. The van der Waals surface area contributed by atoms with E-state index < -0.39 is 0 Å². The third-order valence-corrected chi connectivity index (χ3v) is 7.13. The summed E-state index contributed by atoms with van der Waals surface area (Å²) in [6, 6.07) is 12.3. The maximum Gasteiger partial charge on any atom is 0.263 e. The van der Waals surface area contributed by atoms with Crippen molar-refractivity contribution in [2.24, 2.45) is 0 Å². The average Bonchev–Trinajstić information content (AvgIpc) is 3.41. The summed E-state index contributed by atoms with van der Waals surface area (Å²) < 4.78 is 1.61. The zero-order chi connectivity index (χ0) is 26.3. The first-order valence-electron chi connectivity index (χ1n) is 12.0. The van der Waals surface area contributed by atoms with Gasteiger partial charge < -0.3 is 15.2 Å². The van der Waals surface area contributed by atoms with E-state index in [4.69, 9.17) is 28.2 Å². The van der Waals surface area contributed by atoms with Crippen molar-refractivity contribution in [3.8, 4) is 16.9 Å². The number of nitrogens with one attached hydrogen (secondary N) is 2. The number of halogens is 2. The summed E-state index contributed by atoms with van der Waals surface area (Å²) in [6.45, 7) is 6.12. The molecular formula is C27H26Cl2N6O2. The number of nitrogens with zero attached hydrogens (tertiary/aromatic N) is 4. The zero-order valence-electron chi connectivity index (χ0n) is 20.6. The molecule has 0 radical (unpaired) electrons. The molecule has 1 amide bonds. The number of carbonyl (C=O) groups excluding carboxylic acids is 1. The number of benzene rings is 2. The molecule has 0 fully saturated rings. The molecule has 1 aliphatic rings. The molecule has 0 aliphatic carbocycles. The van der Waals surface area contributed by atoms with Gasteiger partial charge in [0.1, 0.15) is 0 Å². The maximum absolute atomic E-state index is 13.8. The highest BCUT2D eigenvalue weighted by Gasteiger charge is 2.32. The zero-order valence-corrected chi connectivity index (χ0v) is 22.1. The fourth-order valence-corrected chi connectivity index (χ4v) is 4.82. The largest absolute Gasteiger partial charge is 0.353 e. The number of imidazole rings is 1. The lowest BCUT2D eigenvalue weighted by Crippen LogP contribution is -2.46. The van der Waals surface area contributed by atoms with Gasteiger partial charge in [-0.05, 0) is 63.1 Å². The first-order chi connectivity index (χ1) is 17.7. The SMILES string of the molecule is CC(C)Nc1nc2c(c(=O)n1-c1ccc(-c3cnc[nH]3)cc1)C[C@@H](C)N(C(=O)c1ccc(Cl)c(Cl)c1)C2. The fraction of sp³-hybridized carbons (Fsp3) is 0.259. The predicted octanol–water partition coefficient (Wildman–Crippen LogP) is 5.34. The van der Waals surface area contributed by atoms with Crippen molar-refractivity contribution >= 4 is 35.1 Å². The fourth-order valence-electron chi connectivity index (χ4n) is 4.52. The molecule has 8 nitrogen and oxygen atoms in total. The summed E-state index contributed by atoms with van der Waals surface area (Å²) >= 11 is 12.2. The molecule has 1 aliphatic heterocycles. The molecule has 1 atom stereocenters. The van der Waals surface area contributed by atoms with Gasteiger partial charge in [0.2, 0.25) is 5.95 Å². The molecule has 2 N–H and O–H groups in total. The van der Waals surface area contributed by atoms with Gasteiger partial charge in [0, 0.05) is 23.2 Å². The van der Waals surface area contributed by atoms with Crippen LogP contribution in [0.4, 0.5) is 5.95 Å². The van der Waals surface area contributed by atoms with Gasteiger partial charge in [-0.1, -0.05) is 35.3 Å². The number of H-pyrrole nitrogens is 1. The molecule has 0 saturated heterocycles. The minimum atomic E-state index is -0.205. The second-order valence-electron chi connectivity index (χ2n) is 9.43. The predicted molar refractivity (Wildman–Crippen MR) is 146 cm³/mol. The highest BCUT2D eigenvalue weighted by molar-refractivity contribution is 6.42. The number of hydrogen-bond acceptors (Lipinski definition) is 5. The van der Waals surface area contributed by atoms with E-state index in [1.807, 2.05) is 45.0 Å². The van der Waals surface area contributed by atoms with Crippen LogP contribution in [0.25, 0.3) is 16.9 Å². The molecular weight excluding hydrogens is 511 g/mol. The van der Waals surface area contributed by atoms with Crippen molar-refractivity contribution in [1.82, 2.24) is 24.4 Å². The number of aromatic amines is 1. The first kappa shape index (κ1) is 25.0. The maximum atomic E-state index is 13.8. The molecule has 190 valence electrons. The minimum absolute atomic E-state index is 0.0388. The van der Waals surface area contributed by atoms with E-state index in [0.717, 1.165) is 11.3 Å². The number of hydrogen-bond donors (Lipinski definition) is 2. The van der Waals surface area contributed by atoms with Gasteiger partial charge in [-0.3, -0.25) is 9.59 Å². The van der Waals surface area contributed by atoms with E-state index in [0.29, 0.717) is 44.9 Å². The molecule has 2 aromatic heterocycles. The smallest absolute Gasteiger partial charge is 0.263 e. The second-order valence-corrected chi connectivity index (χ2v) is 10.2. The Labute approximate surface area is 224 Å². The van der Waals surface area contributed by atoms with Gasteiger partial charge >= 0.3 is 0 Å². The number of anilines is 1. The van der Waals surface area contributed by atoms with Crippen molar-refractivity contribution in [1.29, 1.82) is 0 Å². The van der Waals surface area contributed by atoms with Crippen molar-refractivity contribution in [3.05, 3.63) is 92.2 Å². The van der Waals surface area contributed by atoms with Crippen LogP contribution in [0.2, 0.25) is 10.0 Å². The molecule has 0 bridgehead atoms. The van der Waals surface area contributed by atoms with Gasteiger partial charge in [-0.2, -0.15) is 0 Å². The van der Waals surface area contributed by atoms with Gasteiger partial charge in [0.25, 0.3) is 11.5 Å². The molecule has 0 saturated carbocycles. The number of aromatic nitrogens is 4. The summed E-state index contributed by atoms with van der Waals surface area (Å²) in [6.07, 6.45) is 3.77. The van der Waals surface area contributed by atoms with Crippen LogP contribution in [-0.4, -0.2) is 42.4 Å². The van der Waals surface area contributed by atoms with Crippen molar-refractivity contribution in [3.63, 3.8) is 0 Å². The summed E-state index contributed by atoms with van der Waals surface area (Å²) in [5, 5.41) is 4.01. The van der Waals surface area contributed by atoms with E-state index in [-0.39, 0.29) is 30.1 Å². The van der Waals surface area contributed by atoms with Crippen LogP contribution in [0.1, 0.15) is 42.4 Å². The molecule has 0 unspecified atom stereocenters. The van der Waals surface area contributed by atoms with Crippen LogP contribution >= 0.6 is 23.2 Å². The van der Waals surface area contributed by atoms with Crippen LogP contribution in [0, 0.1) is 0 Å². The lowest BCUT2D eigenvalue weighted by atomic mass is 9.98. The highest BCUT2D eigenvalue weighted by atomic mass is 35.5. The normalized spacial score (nSPS) is 15.1. The number of carbonyl (C=O) groups is 1. The van der Waals surface area contributed by atoms with Gasteiger partial charge in [-0.15, -0.1) is 0 Å². The summed E-state index contributed by atoms with van der Waals surface area (Å²) in [7, 11) is 0. The number of rotatable bonds is 5. The Morgan fingerprint density at radius 3 is 2.54 bits per heavy atom. The van der Waals surface area contributed by atoms with Crippen molar-refractivity contribution < 1.29 is 4.79 Å². The first-order valence-corrected chi connectivity index (χ1v) is 12.7. The molecule has 10 heteroatoms. The molecule has 5 rings (SSSR count). The Kier molecular flexibility index (Phi) is 6.79. The number of fused-ring (bicyclic) bond motifs is 1. The summed E-state index contributed by atoms with van der Waals surface area (Å²) in [4.78, 5) is 40.9. The summed E-state index contributed by atoms with van der Waals surface area (Å²) in [5.74, 6) is 0.250. The Bertz CT molecular complexity index is 1510. The van der Waals surface area contributed by atoms with Gasteiger partial charge in [0.05, 0.1) is 46.2 Å². The second kappa shape index (κ2) is 10.0. The summed E-state index contributed by atoms with van der Waals surface area (Å²) in [5.41, 5.74) is 4.05. The van der Waals surface area contributed by atoms with Crippen molar-refractivity contribution in [2.75, 3.05) is 5.32 Å².